The molecule has 2 N–H and O–H groups in total. The Bertz CT molecular complexity index is 355. The van der Waals surface area contributed by atoms with Gasteiger partial charge in [-0.2, -0.15) is 0 Å². The van der Waals surface area contributed by atoms with Crippen LogP contribution in [0.5, 0.6) is 5.75 Å². The molecule has 0 aliphatic rings. The minimum absolute atomic E-state index is 0.140. The van der Waals surface area contributed by atoms with Crippen molar-refractivity contribution in [1.82, 2.24) is 4.98 Å². The maximum absolute atomic E-state index is 12.4. The van der Waals surface area contributed by atoms with E-state index in [2.05, 4.69) is 9.72 Å². The Balaban J connectivity index is 3.35. The van der Waals surface area contributed by atoms with E-state index in [1.165, 1.54) is 7.11 Å². The average molecular weight is 202 g/mol. The first-order valence-electron chi connectivity index (χ1n) is 3.68. The minimum atomic E-state index is -2.76. The van der Waals surface area contributed by atoms with E-state index in [9.17, 15) is 13.6 Å². The van der Waals surface area contributed by atoms with E-state index in [4.69, 9.17) is 5.73 Å². The molecule has 6 heteroatoms. The zero-order chi connectivity index (χ0) is 10.7. The average Bonchev–Trinajstić information content (AvgIpc) is 2.16. The highest BCUT2D eigenvalue weighted by molar-refractivity contribution is 5.74. The fourth-order valence-corrected chi connectivity index (χ4v) is 1.04. The number of halogens is 2. The van der Waals surface area contributed by atoms with Gasteiger partial charge in [0, 0.05) is 0 Å². The van der Waals surface area contributed by atoms with Crippen LogP contribution in [0.4, 0.5) is 14.6 Å². The molecule has 0 amide bonds. The Morgan fingerprint density at radius 3 is 2.71 bits per heavy atom. The Hall–Kier alpha value is -1.72. The number of nitrogen functional groups attached to an aromatic ring is 1. The van der Waals surface area contributed by atoms with E-state index >= 15 is 0 Å². The Morgan fingerprint density at radius 2 is 2.29 bits per heavy atom. The van der Waals surface area contributed by atoms with Crippen LogP contribution < -0.4 is 10.5 Å². The normalized spacial score (nSPS) is 10.3. The largest absolute Gasteiger partial charge is 0.492 e. The molecule has 1 aromatic rings. The lowest BCUT2D eigenvalue weighted by Crippen LogP contribution is -2.03. The summed E-state index contributed by atoms with van der Waals surface area (Å²) in [5, 5.41) is 0. The van der Waals surface area contributed by atoms with E-state index in [0.717, 1.165) is 6.07 Å². The predicted molar refractivity (Wildman–Crippen MR) is 45.5 cm³/mol. The van der Waals surface area contributed by atoms with Gasteiger partial charge >= 0.3 is 0 Å². The molecule has 0 aromatic carbocycles. The number of carbonyl (C=O) groups excluding carboxylic acids is 1. The van der Waals surface area contributed by atoms with Crippen LogP contribution in [-0.4, -0.2) is 18.4 Å². The topological polar surface area (TPSA) is 65.2 Å². The first-order valence-corrected chi connectivity index (χ1v) is 3.68. The molecular weight excluding hydrogens is 194 g/mol. The molecule has 0 aliphatic heterocycles. The highest BCUT2D eigenvalue weighted by Crippen LogP contribution is 2.32. The lowest BCUT2D eigenvalue weighted by Gasteiger charge is -2.09. The number of alkyl halides is 2. The van der Waals surface area contributed by atoms with Crippen LogP contribution in [0.1, 0.15) is 22.5 Å². The Kier molecular flexibility index (Phi) is 2.95. The highest BCUT2D eigenvalue weighted by Gasteiger charge is 2.18. The molecule has 76 valence electrons. The van der Waals surface area contributed by atoms with Crippen LogP contribution >= 0.6 is 0 Å². The van der Waals surface area contributed by atoms with Crippen molar-refractivity contribution in [3.05, 3.63) is 17.3 Å². The number of nitrogens with zero attached hydrogens (tertiary/aromatic N) is 1. The lowest BCUT2D eigenvalue weighted by molar-refractivity contribution is 0.111. The zero-order valence-electron chi connectivity index (χ0n) is 7.33. The molecule has 0 saturated heterocycles. The standard InChI is InChI=1S/C8H8F2N2O2/c1-14-6-5(7(9)10)2-4(3-13)12-8(6)11/h2-3,7H,1H3,(H2,11,12). The molecule has 0 bridgehead atoms. The maximum Gasteiger partial charge on any atom is 0.267 e. The van der Waals surface area contributed by atoms with Crippen molar-refractivity contribution in [2.75, 3.05) is 12.8 Å². The van der Waals surface area contributed by atoms with Crippen molar-refractivity contribution >= 4 is 12.1 Å². The predicted octanol–water partition coefficient (Wildman–Crippen LogP) is 1.42. The van der Waals surface area contributed by atoms with Crippen LogP contribution in [0.15, 0.2) is 6.07 Å². The van der Waals surface area contributed by atoms with Crippen LogP contribution in [0, 0.1) is 0 Å². The van der Waals surface area contributed by atoms with Crippen molar-refractivity contribution in [2.24, 2.45) is 0 Å². The number of rotatable bonds is 3. The molecule has 0 fully saturated rings. The summed E-state index contributed by atoms with van der Waals surface area (Å²) in [4.78, 5) is 13.9. The third-order valence-corrected chi connectivity index (χ3v) is 1.61. The first-order chi connectivity index (χ1) is 6.60. The second-order valence-electron chi connectivity index (χ2n) is 2.47. The van der Waals surface area contributed by atoms with Crippen molar-refractivity contribution in [3.8, 4) is 5.75 Å². The minimum Gasteiger partial charge on any atom is -0.492 e. The number of pyridine rings is 1. The number of anilines is 1. The molecule has 0 aliphatic carbocycles. The van der Waals surface area contributed by atoms with Crippen molar-refractivity contribution in [3.63, 3.8) is 0 Å². The maximum atomic E-state index is 12.4. The number of aromatic nitrogens is 1. The van der Waals surface area contributed by atoms with Gasteiger partial charge in [-0.1, -0.05) is 0 Å². The van der Waals surface area contributed by atoms with E-state index < -0.39 is 12.0 Å². The monoisotopic (exact) mass is 202 g/mol. The molecule has 0 atom stereocenters. The highest BCUT2D eigenvalue weighted by atomic mass is 19.3. The number of ether oxygens (including phenoxy) is 1. The van der Waals surface area contributed by atoms with Crippen molar-refractivity contribution in [1.29, 1.82) is 0 Å². The van der Waals surface area contributed by atoms with Crippen LogP contribution in [0.2, 0.25) is 0 Å². The van der Waals surface area contributed by atoms with E-state index in [1.54, 1.807) is 0 Å². The smallest absolute Gasteiger partial charge is 0.267 e. The second-order valence-corrected chi connectivity index (χ2v) is 2.47. The summed E-state index contributed by atoms with van der Waals surface area (Å²) in [6.07, 6.45) is -2.41. The second kappa shape index (κ2) is 3.99. The fourth-order valence-electron chi connectivity index (χ4n) is 1.04. The molecule has 0 saturated carbocycles. The van der Waals surface area contributed by atoms with Gasteiger partial charge in [0.05, 0.1) is 12.7 Å². The molecule has 1 heterocycles. The molecule has 0 unspecified atom stereocenters. The van der Waals surface area contributed by atoms with Gasteiger partial charge in [-0.15, -0.1) is 0 Å². The van der Waals surface area contributed by atoms with Gasteiger partial charge < -0.3 is 10.5 Å². The van der Waals surface area contributed by atoms with E-state index in [0.29, 0.717) is 6.29 Å². The Morgan fingerprint density at radius 1 is 1.64 bits per heavy atom. The fraction of sp³-hybridized carbons (Fsp3) is 0.250. The van der Waals surface area contributed by atoms with Crippen LogP contribution in [0.3, 0.4) is 0 Å². The van der Waals surface area contributed by atoms with Gasteiger partial charge in [0.1, 0.15) is 5.69 Å². The van der Waals surface area contributed by atoms with Gasteiger partial charge in [0.25, 0.3) is 6.43 Å². The zero-order valence-corrected chi connectivity index (χ0v) is 7.33. The molecule has 4 nitrogen and oxygen atoms in total. The van der Waals surface area contributed by atoms with Crippen molar-refractivity contribution < 1.29 is 18.3 Å². The SMILES string of the molecule is COc1c(C(F)F)cc(C=O)nc1N. The molecule has 1 rings (SSSR count). The summed E-state index contributed by atoms with van der Waals surface area (Å²) in [5.74, 6) is -0.405. The number of methoxy groups -OCH3 is 1. The van der Waals surface area contributed by atoms with E-state index in [1.807, 2.05) is 0 Å². The summed E-state index contributed by atoms with van der Waals surface area (Å²) >= 11 is 0. The summed E-state index contributed by atoms with van der Waals surface area (Å²) in [6.45, 7) is 0. The van der Waals surface area contributed by atoms with Gasteiger partial charge in [0.15, 0.2) is 17.9 Å². The number of hydrogen-bond donors (Lipinski definition) is 1. The van der Waals surface area contributed by atoms with Gasteiger partial charge in [-0.3, -0.25) is 4.79 Å². The summed E-state index contributed by atoms with van der Waals surface area (Å²) in [5.41, 5.74) is 4.75. The van der Waals surface area contributed by atoms with E-state index in [-0.39, 0.29) is 17.3 Å². The molecule has 1 aromatic heterocycles. The van der Waals surface area contributed by atoms with Crippen molar-refractivity contribution in [2.45, 2.75) is 6.43 Å². The van der Waals surface area contributed by atoms with Gasteiger partial charge in [-0.05, 0) is 6.07 Å². The molecule has 0 spiro atoms. The summed E-state index contributed by atoms with van der Waals surface area (Å²) in [7, 11) is 1.21. The Labute approximate surface area is 78.7 Å². The number of nitrogens with two attached hydrogens (primary N) is 1. The molecular formula is C8H8F2N2O2. The third-order valence-electron chi connectivity index (χ3n) is 1.61. The number of carbonyl (C=O) groups is 1. The van der Waals surface area contributed by atoms with Crippen LogP contribution in [0.25, 0.3) is 0 Å². The van der Waals surface area contributed by atoms with Gasteiger partial charge in [0.2, 0.25) is 0 Å². The number of aldehydes is 1. The summed E-state index contributed by atoms with van der Waals surface area (Å²) in [6, 6.07) is 0.951. The number of hydrogen-bond acceptors (Lipinski definition) is 4. The molecule has 0 radical (unpaired) electrons. The quantitative estimate of drug-likeness (QED) is 0.753. The van der Waals surface area contributed by atoms with Gasteiger partial charge in [-0.25, -0.2) is 13.8 Å². The summed E-state index contributed by atoms with van der Waals surface area (Å²) < 4.78 is 29.5. The lowest BCUT2D eigenvalue weighted by atomic mass is 10.2. The van der Waals surface area contributed by atoms with Crippen LogP contribution in [-0.2, 0) is 0 Å². The first kappa shape index (κ1) is 10.4. The third kappa shape index (κ3) is 1.78. The molecule has 14 heavy (non-hydrogen) atoms.